The fraction of sp³-hybridized carbons (Fsp3) is 0.375. The smallest absolute Gasteiger partial charge is 0.269 e. The summed E-state index contributed by atoms with van der Waals surface area (Å²) in [5.41, 5.74) is 0.875. The predicted molar refractivity (Wildman–Crippen MR) is 165 cm³/mol. The molecular formula is C32H38N4O6S. The van der Waals surface area contributed by atoms with Crippen LogP contribution in [-0.2, 0) is 26.0 Å². The lowest BCUT2D eigenvalue weighted by Crippen LogP contribution is -2.54. The van der Waals surface area contributed by atoms with Gasteiger partial charge in [-0.15, -0.1) is 0 Å². The van der Waals surface area contributed by atoms with Gasteiger partial charge in [0.1, 0.15) is 12.6 Å². The van der Waals surface area contributed by atoms with Crippen LogP contribution in [0.15, 0.2) is 89.8 Å². The van der Waals surface area contributed by atoms with E-state index in [1.54, 1.807) is 18.2 Å². The Morgan fingerprint density at radius 2 is 1.53 bits per heavy atom. The van der Waals surface area contributed by atoms with Crippen molar-refractivity contribution in [1.82, 2.24) is 10.2 Å². The molecule has 1 aliphatic carbocycles. The number of nitro groups is 1. The van der Waals surface area contributed by atoms with E-state index in [2.05, 4.69) is 5.32 Å². The monoisotopic (exact) mass is 606 g/mol. The van der Waals surface area contributed by atoms with Gasteiger partial charge in [-0.3, -0.25) is 24.0 Å². The van der Waals surface area contributed by atoms with Crippen LogP contribution in [0.2, 0.25) is 0 Å². The fourth-order valence-corrected chi connectivity index (χ4v) is 6.86. The Hall–Kier alpha value is -4.25. The molecule has 0 spiro atoms. The number of non-ortho nitro benzene ring substituents is 1. The summed E-state index contributed by atoms with van der Waals surface area (Å²) in [6.45, 7) is 1.46. The molecule has 4 rings (SSSR count). The normalized spacial score (nSPS) is 14.4. The second kappa shape index (κ2) is 14.8. The molecule has 11 heteroatoms. The molecular weight excluding hydrogens is 568 g/mol. The Labute approximate surface area is 252 Å². The zero-order valence-corrected chi connectivity index (χ0v) is 25.1. The maximum Gasteiger partial charge on any atom is 0.269 e. The fourth-order valence-electron chi connectivity index (χ4n) is 5.43. The molecule has 1 N–H and O–H groups in total. The summed E-state index contributed by atoms with van der Waals surface area (Å²) in [5, 5.41) is 14.4. The van der Waals surface area contributed by atoms with Gasteiger partial charge in [0.15, 0.2) is 0 Å². The van der Waals surface area contributed by atoms with E-state index in [0.29, 0.717) is 12.8 Å². The van der Waals surface area contributed by atoms with Crippen LogP contribution in [0.3, 0.4) is 0 Å². The molecule has 0 bridgehead atoms. The molecule has 0 aromatic heterocycles. The predicted octanol–water partition coefficient (Wildman–Crippen LogP) is 5.09. The van der Waals surface area contributed by atoms with Gasteiger partial charge in [0, 0.05) is 24.7 Å². The van der Waals surface area contributed by atoms with E-state index in [-0.39, 0.29) is 34.8 Å². The van der Waals surface area contributed by atoms with Crippen LogP contribution in [0.4, 0.5) is 11.4 Å². The zero-order valence-electron chi connectivity index (χ0n) is 24.3. The first-order valence-electron chi connectivity index (χ1n) is 14.7. The summed E-state index contributed by atoms with van der Waals surface area (Å²) >= 11 is 0. The Kier molecular flexibility index (Phi) is 10.9. The van der Waals surface area contributed by atoms with Crippen LogP contribution >= 0.6 is 0 Å². The molecule has 0 heterocycles. The molecule has 1 aliphatic rings. The third-order valence-corrected chi connectivity index (χ3v) is 9.57. The standard InChI is InChI=1S/C32H38N4O6S/c1-2-30(32(38)33-26-14-8-4-9-15-26)34(23-22-25-12-6-3-7-13-25)31(37)24-35(27-18-20-28(21-19-27)36(39)40)43(41,42)29-16-10-5-11-17-29/h3,5-7,10-13,16-21,26,30H,2,4,8-9,14-15,22-24H2,1H3,(H,33,38)/t30-/m1/s1. The molecule has 1 atom stereocenters. The Morgan fingerprint density at radius 3 is 2.12 bits per heavy atom. The lowest BCUT2D eigenvalue weighted by molar-refractivity contribution is -0.384. The summed E-state index contributed by atoms with van der Waals surface area (Å²) in [4.78, 5) is 39.8. The number of sulfonamides is 1. The minimum atomic E-state index is -4.24. The van der Waals surface area contributed by atoms with Crippen LogP contribution in [0.25, 0.3) is 0 Å². The topological polar surface area (TPSA) is 130 Å². The van der Waals surface area contributed by atoms with E-state index < -0.39 is 33.4 Å². The van der Waals surface area contributed by atoms with Gasteiger partial charge in [0.2, 0.25) is 11.8 Å². The van der Waals surface area contributed by atoms with Gasteiger partial charge in [-0.1, -0.05) is 74.7 Å². The molecule has 0 aliphatic heterocycles. The van der Waals surface area contributed by atoms with Crippen molar-refractivity contribution in [2.75, 3.05) is 17.4 Å². The van der Waals surface area contributed by atoms with E-state index >= 15 is 0 Å². The highest BCUT2D eigenvalue weighted by atomic mass is 32.2. The van der Waals surface area contributed by atoms with Crippen molar-refractivity contribution >= 4 is 33.2 Å². The molecule has 1 fully saturated rings. The number of amides is 2. The van der Waals surface area contributed by atoms with Crippen molar-refractivity contribution in [1.29, 1.82) is 0 Å². The second-order valence-electron chi connectivity index (χ2n) is 10.7. The SMILES string of the molecule is CC[C@H](C(=O)NC1CCCCC1)N(CCc1ccccc1)C(=O)CN(c1ccc([N+](=O)[O-])cc1)S(=O)(=O)c1ccccc1. The van der Waals surface area contributed by atoms with Crippen molar-refractivity contribution in [3.8, 4) is 0 Å². The van der Waals surface area contributed by atoms with Gasteiger partial charge < -0.3 is 10.2 Å². The number of rotatable bonds is 13. The highest BCUT2D eigenvalue weighted by Crippen LogP contribution is 2.27. The van der Waals surface area contributed by atoms with Gasteiger partial charge in [-0.05, 0) is 55.5 Å². The number of hydrogen-bond acceptors (Lipinski definition) is 6. The first-order valence-corrected chi connectivity index (χ1v) is 16.1. The van der Waals surface area contributed by atoms with Gasteiger partial charge >= 0.3 is 0 Å². The largest absolute Gasteiger partial charge is 0.352 e. The van der Waals surface area contributed by atoms with Crippen molar-refractivity contribution < 1.29 is 22.9 Å². The third-order valence-electron chi connectivity index (χ3n) is 7.78. The molecule has 0 radical (unpaired) electrons. The van der Waals surface area contributed by atoms with E-state index in [1.807, 2.05) is 37.3 Å². The molecule has 2 amide bonds. The number of carbonyl (C=O) groups excluding carboxylic acids is 2. The molecule has 3 aromatic rings. The maximum atomic E-state index is 14.1. The molecule has 10 nitrogen and oxygen atoms in total. The average molecular weight is 607 g/mol. The van der Waals surface area contributed by atoms with Crippen LogP contribution in [0.1, 0.15) is 51.0 Å². The third kappa shape index (κ3) is 8.19. The molecule has 43 heavy (non-hydrogen) atoms. The Balaban J connectivity index is 1.67. The minimum Gasteiger partial charge on any atom is -0.352 e. The van der Waals surface area contributed by atoms with E-state index in [1.165, 1.54) is 41.3 Å². The Bertz CT molecular complexity index is 1480. The summed E-state index contributed by atoms with van der Waals surface area (Å²) in [5.74, 6) is -0.789. The van der Waals surface area contributed by atoms with Crippen LogP contribution in [0, 0.1) is 10.1 Å². The van der Waals surface area contributed by atoms with Crippen LogP contribution < -0.4 is 9.62 Å². The lowest BCUT2D eigenvalue weighted by atomic mass is 9.95. The van der Waals surface area contributed by atoms with Gasteiger partial charge in [0.05, 0.1) is 15.5 Å². The number of benzene rings is 3. The van der Waals surface area contributed by atoms with E-state index in [0.717, 1.165) is 42.0 Å². The lowest BCUT2D eigenvalue weighted by Gasteiger charge is -2.34. The molecule has 0 unspecified atom stereocenters. The maximum absolute atomic E-state index is 14.1. The molecule has 228 valence electrons. The number of carbonyl (C=O) groups is 2. The summed E-state index contributed by atoms with van der Waals surface area (Å²) in [7, 11) is -4.24. The van der Waals surface area contributed by atoms with Gasteiger partial charge in [0.25, 0.3) is 15.7 Å². The highest BCUT2D eigenvalue weighted by Gasteiger charge is 2.34. The quantitative estimate of drug-likeness (QED) is 0.213. The van der Waals surface area contributed by atoms with Crippen LogP contribution in [-0.4, -0.2) is 55.2 Å². The summed E-state index contributed by atoms with van der Waals surface area (Å²) in [6, 6.07) is 21.6. The highest BCUT2D eigenvalue weighted by molar-refractivity contribution is 7.92. The first kappa shape index (κ1) is 31.7. The second-order valence-corrected chi connectivity index (χ2v) is 12.6. The number of nitrogens with one attached hydrogen (secondary N) is 1. The first-order chi connectivity index (χ1) is 20.7. The number of nitrogens with zero attached hydrogens (tertiary/aromatic N) is 3. The van der Waals surface area contributed by atoms with Gasteiger partial charge in [-0.25, -0.2) is 8.42 Å². The Morgan fingerprint density at radius 1 is 0.930 bits per heavy atom. The number of nitro benzene ring substituents is 1. The molecule has 0 saturated heterocycles. The number of anilines is 1. The van der Waals surface area contributed by atoms with Crippen molar-refractivity contribution in [2.24, 2.45) is 0 Å². The van der Waals surface area contributed by atoms with Crippen molar-refractivity contribution in [3.63, 3.8) is 0 Å². The average Bonchev–Trinajstić information content (AvgIpc) is 3.03. The van der Waals surface area contributed by atoms with E-state index in [4.69, 9.17) is 0 Å². The van der Waals surface area contributed by atoms with Crippen molar-refractivity contribution in [3.05, 3.63) is 101 Å². The van der Waals surface area contributed by atoms with Crippen LogP contribution in [0.5, 0.6) is 0 Å². The summed E-state index contributed by atoms with van der Waals surface area (Å²) in [6.07, 6.45) is 5.83. The van der Waals surface area contributed by atoms with E-state index in [9.17, 15) is 28.1 Å². The molecule has 3 aromatic carbocycles. The number of hydrogen-bond donors (Lipinski definition) is 1. The summed E-state index contributed by atoms with van der Waals surface area (Å²) < 4.78 is 28.7. The minimum absolute atomic E-state index is 0.0286. The van der Waals surface area contributed by atoms with Gasteiger partial charge in [-0.2, -0.15) is 0 Å². The van der Waals surface area contributed by atoms with Crippen molar-refractivity contribution in [2.45, 2.75) is 68.8 Å². The zero-order chi connectivity index (χ0) is 30.8. The molecule has 1 saturated carbocycles.